The molecule has 18 heavy (non-hydrogen) atoms. The van der Waals surface area contributed by atoms with Crippen LogP contribution in [0.15, 0.2) is 0 Å². The second-order valence-corrected chi connectivity index (χ2v) is 3.68. The van der Waals surface area contributed by atoms with E-state index >= 15 is 0 Å². The van der Waals surface area contributed by atoms with Gasteiger partial charge in [0.15, 0.2) is 0 Å². The minimum Gasteiger partial charge on any atom is -0.412 e. The first-order valence-corrected chi connectivity index (χ1v) is 4.59. The van der Waals surface area contributed by atoms with Gasteiger partial charge in [0.1, 0.15) is 0 Å². The van der Waals surface area contributed by atoms with Crippen molar-refractivity contribution in [2.45, 2.75) is 0 Å². The standard InChI is InChI=1S/Fe.H4O7P2.8H2O/c;1-8(2,3)7-9(4,5)6;;;;;;;;/h;(H2,1,2,3)(H2,4,5,6);8*1H2. The Morgan fingerprint density at radius 1 is 0.556 bits per heavy atom. The van der Waals surface area contributed by atoms with E-state index in [0.717, 1.165) is 0 Å². The first-order chi connectivity index (χ1) is 3.71. The summed E-state index contributed by atoms with van der Waals surface area (Å²) in [5.74, 6) is 0. The molecule has 18 heteroatoms. The molecule has 0 saturated carbocycles. The third-order valence-electron chi connectivity index (χ3n) is 0.213. The van der Waals surface area contributed by atoms with E-state index in [0.29, 0.717) is 0 Å². The van der Waals surface area contributed by atoms with Gasteiger partial charge in [0, 0.05) is 17.1 Å². The molecule has 0 aromatic heterocycles. The van der Waals surface area contributed by atoms with Gasteiger partial charge in [-0.3, -0.25) is 0 Å². The molecule has 0 saturated heterocycles. The van der Waals surface area contributed by atoms with Crippen molar-refractivity contribution in [1.82, 2.24) is 0 Å². The van der Waals surface area contributed by atoms with Crippen LogP contribution in [0.5, 0.6) is 0 Å². The monoisotopic (exact) mass is 378 g/mol. The maximum Gasteiger partial charge on any atom is 0.478 e. The Hall–Kier alpha value is 0.459. The largest absolute Gasteiger partial charge is 0.478 e. The van der Waals surface area contributed by atoms with Crippen LogP contribution in [-0.4, -0.2) is 63.4 Å². The summed E-state index contributed by atoms with van der Waals surface area (Å²) in [5, 5.41) is 0. The van der Waals surface area contributed by atoms with Gasteiger partial charge in [-0.2, -0.15) is 4.31 Å². The Morgan fingerprint density at radius 2 is 0.667 bits per heavy atom. The maximum atomic E-state index is 9.63. The molecule has 0 heterocycles. The van der Waals surface area contributed by atoms with Crippen molar-refractivity contribution in [1.29, 1.82) is 0 Å². The second kappa shape index (κ2) is 26.1. The van der Waals surface area contributed by atoms with E-state index in [1.807, 2.05) is 0 Å². The number of hydrogen-bond donors (Lipinski definition) is 4. The van der Waals surface area contributed by atoms with Crippen molar-refractivity contribution in [3.8, 4) is 0 Å². The summed E-state index contributed by atoms with van der Waals surface area (Å²) in [4.78, 5) is 31.0. The summed E-state index contributed by atoms with van der Waals surface area (Å²) >= 11 is 0. The molecular formula is H20FeO15P2. The van der Waals surface area contributed by atoms with Crippen molar-refractivity contribution < 1.29 is 93.9 Å². The molecule has 20 N–H and O–H groups in total. The van der Waals surface area contributed by atoms with Crippen molar-refractivity contribution in [2.24, 2.45) is 0 Å². The van der Waals surface area contributed by atoms with Crippen LogP contribution in [0.1, 0.15) is 0 Å². The number of hydrogen-bond acceptors (Lipinski definition) is 3. The van der Waals surface area contributed by atoms with Gasteiger partial charge in [-0.25, -0.2) is 9.13 Å². The van der Waals surface area contributed by atoms with Crippen LogP contribution >= 0.6 is 15.6 Å². The van der Waals surface area contributed by atoms with Crippen molar-refractivity contribution in [3.05, 3.63) is 0 Å². The van der Waals surface area contributed by atoms with Crippen molar-refractivity contribution >= 4 is 15.6 Å². The Morgan fingerprint density at radius 3 is 0.667 bits per heavy atom. The zero-order chi connectivity index (χ0) is 7.71. The second-order valence-electron chi connectivity index (χ2n) is 1.06. The molecule has 15 nitrogen and oxygen atoms in total. The summed E-state index contributed by atoms with van der Waals surface area (Å²) in [6, 6.07) is 0. The van der Waals surface area contributed by atoms with Gasteiger partial charge in [-0.05, 0) is 0 Å². The average molecular weight is 378 g/mol. The molecule has 128 valence electrons. The molecule has 0 atom stereocenters. The topological polar surface area (TPSA) is 376 Å². The van der Waals surface area contributed by atoms with Crippen LogP contribution in [0.4, 0.5) is 0 Å². The van der Waals surface area contributed by atoms with Gasteiger partial charge in [0.2, 0.25) is 0 Å². The van der Waals surface area contributed by atoms with Crippen LogP contribution in [0, 0.1) is 0 Å². The molecule has 0 aliphatic carbocycles. The van der Waals surface area contributed by atoms with E-state index in [1.165, 1.54) is 0 Å². The summed E-state index contributed by atoms with van der Waals surface area (Å²) in [7, 11) is -10.1. The van der Waals surface area contributed by atoms with Crippen LogP contribution in [0.2, 0.25) is 0 Å². The fourth-order valence-corrected chi connectivity index (χ4v) is 1.25. The quantitative estimate of drug-likeness (QED) is 0.265. The maximum absolute atomic E-state index is 9.63. The van der Waals surface area contributed by atoms with E-state index in [-0.39, 0.29) is 60.9 Å². The Labute approximate surface area is 110 Å². The summed E-state index contributed by atoms with van der Waals surface area (Å²) in [6.45, 7) is 0. The average Bonchev–Trinajstić information content (AvgIpc) is 1.14. The first-order valence-electron chi connectivity index (χ1n) is 1.53. The smallest absolute Gasteiger partial charge is 0.412 e. The molecule has 0 amide bonds. The van der Waals surface area contributed by atoms with Gasteiger partial charge in [-0.1, -0.05) is 0 Å². The molecule has 0 aromatic carbocycles. The number of rotatable bonds is 2. The number of phosphoric acid groups is 2. The third kappa shape index (κ3) is 94.3. The van der Waals surface area contributed by atoms with E-state index in [1.54, 1.807) is 0 Å². The van der Waals surface area contributed by atoms with Gasteiger partial charge < -0.3 is 63.4 Å². The van der Waals surface area contributed by atoms with Crippen molar-refractivity contribution in [3.63, 3.8) is 0 Å². The minimum atomic E-state index is -5.05. The predicted molar refractivity (Wildman–Crippen MR) is 54.1 cm³/mol. The van der Waals surface area contributed by atoms with Gasteiger partial charge in [0.05, 0.1) is 0 Å². The molecule has 0 fully saturated rings. The van der Waals surface area contributed by atoms with Gasteiger partial charge in [0.25, 0.3) is 0 Å². The zero-order valence-corrected chi connectivity index (χ0v) is 11.2. The molecule has 0 aliphatic heterocycles. The summed E-state index contributed by atoms with van der Waals surface area (Å²) in [6.07, 6.45) is 0. The van der Waals surface area contributed by atoms with Crippen LogP contribution in [0.3, 0.4) is 0 Å². The van der Waals surface area contributed by atoms with E-state index in [4.69, 9.17) is 19.6 Å². The predicted octanol–water partition coefficient (Wildman–Crippen LogP) is -7.41. The molecule has 0 radical (unpaired) electrons. The normalized spacial score (nSPS) is 6.89. The molecule has 0 bridgehead atoms. The van der Waals surface area contributed by atoms with Gasteiger partial charge in [-0.15, -0.1) is 0 Å². The molecule has 0 aromatic rings. The molecular weight excluding hydrogens is 358 g/mol. The van der Waals surface area contributed by atoms with E-state index in [2.05, 4.69) is 4.31 Å². The fourth-order valence-electron chi connectivity index (χ4n) is 0.139. The van der Waals surface area contributed by atoms with Crippen LogP contribution in [-0.2, 0) is 30.5 Å². The minimum absolute atomic E-state index is 0. The molecule has 0 spiro atoms. The Kier molecular flexibility index (Phi) is 114. The van der Waals surface area contributed by atoms with Crippen LogP contribution in [0.25, 0.3) is 0 Å². The van der Waals surface area contributed by atoms with E-state index < -0.39 is 15.6 Å². The Bertz CT molecular complexity index is 155. The van der Waals surface area contributed by atoms with E-state index in [9.17, 15) is 9.13 Å². The van der Waals surface area contributed by atoms with Gasteiger partial charge >= 0.3 is 15.6 Å². The summed E-state index contributed by atoms with van der Waals surface area (Å²) < 4.78 is 22.2. The first kappa shape index (κ1) is 78.6. The third-order valence-corrected chi connectivity index (χ3v) is 1.91. The van der Waals surface area contributed by atoms with Crippen molar-refractivity contribution in [2.75, 3.05) is 0 Å². The Balaban J connectivity index is -0.00000000889. The molecule has 0 rings (SSSR count). The molecule has 0 unspecified atom stereocenters. The SMILES string of the molecule is O.O.O.O.O.O.O.O.O=P(O)(O)OP(=O)(O)O.[Fe]. The fraction of sp³-hybridized carbons (Fsp3) is 0. The summed E-state index contributed by atoms with van der Waals surface area (Å²) in [5.41, 5.74) is 0. The molecule has 0 aliphatic rings. The zero-order valence-electron chi connectivity index (χ0n) is 8.26. The van der Waals surface area contributed by atoms with Crippen LogP contribution < -0.4 is 0 Å².